The highest BCUT2D eigenvalue weighted by Gasteiger charge is 2.43. The molecule has 5 heterocycles. The molecular weight excluding hydrogens is 428 g/mol. The maximum Gasteiger partial charge on any atom is 0.257 e. The Balaban J connectivity index is 1.40. The van der Waals surface area contributed by atoms with Crippen molar-refractivity contribution in [2.45, 2.75) is 56.2 Å². The lowest BCUT2D eigenvalue weighted by Gasteiger charge is -2.38. The Morgan fingerprint density at radius 2 is 2.03 bits per heavy atom. The number of hydrogen-bond donors (Lipinski definition) is 1. The Hall–Kier alpha value is -2.49. The van der Waals surface area contributed by atoms with Crippen LogP contribution in [0.25, 0.3) is 27.0 Å². The summed E-state index contributed by atoms with van der Waals surface area (Å²) in [6.07, 6.45) is 2.77. The predicted molar refractivity (Wildman–Crippen MR) is 122 cm³/mol. The number of nitrogens with two attached hydrogens (primary N) is 1. The van der Waals surface area contributed by atoms with Crippen LogP contribution >= 0.6 is 23.1 Å². The highest BCUT2D eigenvalue weighted by atomic mass is 32.2. The first kappa shape index (κ1) is 19.2. The minimum atomic E-state index is 0.0190. The van der Waals surface area contributed by atoms with E-state index in [2.05, 4.69) is 43.1 Å². The maximum atomic E-state index is 5.82. The summed E-state index contributed by atoms with van der Waals surface area (Å²) < 4.78 is 7.63. The van der Waals surface area contributed by atoms with Crippen LogP contribution in [0.2, 0.25) is 0 Å². The number of nitrogens with zero attached hydrogens (tertiary/aromatic N) is 5. The van der Waals surface area contributed by atoms with Gasteiger partial charge in [-0.1, -0.05) is 23.9 Å². The first-order valence-electron chi connectivity index (χ1n) is 10.3. The average molecular weight is 452 g/mol. The van der Waals surface area contributed by atoms with E-state index in [4.69, 9.17) is 14.4 Å². The average Bonchev–Trinajstić information content (AvgIpc) is 3.38. The van der Waals surface area contributed by atoms with E-state index in [-0.39, 0.29) is 11.1 Å². The molecule has 0 bridgehead atoms. The van der Waals surface area contributed by atoms with E-state index in [1.807, 2.05) is 28.8 Å². The van der Waals surface area contributed by atoms with Crippen LogP contribution in [0.4, 0.5) is 0 Å². The number of thiophene rings is 1. The van der Waals surface area contributed by atoms with Gasteiger partial charge in [0.1, 0.15) is 22.2 Å². The molecule has 158 valence electrons. The summed E-state index contributed by atoms with van der Waals surface area (Å²) in [5.41, 5.74) is 4.08. The molecule has 0 amide bonds. The van der Waals surface area contributed by atoms with Crippen molar-refractivity contribution in [1.29, 1.82) is 0 Å². The van der Waals surface area contributed by atoms with Gasteiger partial charge in [-0.2, -0.15) is 0 Å². The Labute approximate surface area is 187 Å². The number of benzene rings is 1. The number of fused-ring (bicyclic) bond motifs is 6. The molecule has 1 aliphatic rings. The van der Waals surface area contributed by atoms with Gasteiger partial charge in [0.05, 0.1) is 21.6 Å². The zero-order valence-electron chi connectivity index (χ0n) is 17.8. The van der Waals surface area contributed by atoms with E-state index < -0.39 is 0 Å². The van der Waals surface area contributed by atoms with Crippen molar-refractivity contribution >= 4 is 50.1 Å². The normalized spacial score (nSPS) is 17.5. The van der Waals surface area contributed by atoms with Crippen LogP contribution in [0.15, 0.2) is 40.2 Å². The topological polar surface area (TPSA) is 85.7 Å². The lowest BCUT2D eigenvalue weighted by molar-refractivity contribution is -0.789. The molecule has 7 nitrogen and oxygen atoms in total. The van der Waals surface area contributed by atoms with E-state index in [1.165, 1.54) is 22.2 Å². The molecule has 6 rings (SSSR count). The Morgan fingerprint density at radius 3 is 2.87 bits per heavy atom. The van der Waals surface area contributed by atoms with Gasteiger partial charge in [0.25, 0.3) is 5.22 Å². The highest BCUT2D eigenvalue weighted by molar-refractivity contribution is 7.98. The van der Waals surface area contributed by atoms with E-state index in [0.29, 0.717) is 11.0 Å². The van der Waals surface area contributed by atoms with Crippen molar-refractivity contribution in [2.24, 2.45) is 0 Å². The molecule has 5 aromatic rings. The minimum Gasteiger partial charge on any atom is -0.431 e. The number of thioether (sulfide) groups is 1. The number of oxazole rings is 1. The van der Waals surface area contributed by atoms with Crippen molar-refractivity contribution < 1.29 is 9.73 Å². The maximum absolute atomic E-state index is 5.82. The summed E-state index contributed by atoms with van der Waals surface area (Å²) in [4.78, 5) is 16.6. The van der Waals surface area contributed by atoms with Gasteiger partial charge in [-0.25, -0.2) is 19.5 Å². The standard InChI is InChI=1S/C22H22N6OS2/c1-21(2)9-12-16-18-25-15(10-30-20-24-13-7-5-6-8-14(13)29-20)26-28(18)11-23-19(16)31-17(12)22(3,4)27-21/h5-8,11,27H,9-10H2,1-4H3/p+1. The number of quaternary nitrogens is 1. The lowest BCUT2D eigenvalue weighted by Crippen LogP contribution is -3.03. The SMILES string of the molecule is CC1(C)Cc2c(sc3ncn4nc(CSc5nc6ccccc6o5)nc4c23)C(C)(C)[NH2+]1. The predicted octanol–water partition coefficient (Wildman–Crippen LogP) is 3.91. The van der Waals surface area contributed by atoms with Crippen molar-refractivity contribution in [3.05, 3.63) is 46.9 Å². The molecule has 0 saturated carbocycles. The van der Waals surface area contributed by atoms with Gasteiger partial charge in [-0.3, -0.25) is 0 Å². The molecule has 9 heteroatoms. The second-order valence-electron chi connectivity index (χ2n) is 9.40. The van der Waals surface area contributed by atoms with Gasteiger partial charge in [0.15, 0.2) is 17.1 Å². The molecule has 0 spiro atoms. The van der Waals surface area contributed by atoms with Gasteiger partial charge in [-0.05, 0) is 45.4 Å². The van der Waals surface area contributed by atoms with E-state index in [9.17, 15) is 0 Å². The number of hydrogen-bond acceptors (Lipinski definition) is 7. The van der Waals surface area contributed by atoms with Crippen LogP contribution in [0.3, 0.4) is 0 Å². The minimum absolute atomic E-state index is 0.0190. The molecule has 1 aliphatic heterocycles. The number of rotatable bonds is 3. The molecule has 0 radical (unpaired) electrons. The van der Waals surface area contributed by atoms with Crippen LogP contribution in [-0.4, -0.2) is 30.1 Å². The largest absolute Gasteiger partial charge is 0.431 e. The zero-order chi connectivity index (χ0) is 21.4. The molecule has 4 aromatic heterocycles. The van der Waals surface area contributed by atoms with Crippen LogP contribution in [0.5, 0.6) is 0 Å². The fourth-order valence-corrected chi connectivity index (χ4v) is 6.75. The summed E-state index contributed by atoms with van der Waals surface area (Å²) in [6.45, 7) is 9.21. The van der Waals surface area contributed by atoms with Crippen molar-refractivity contribution in [3.8, 4) is 0 Å². The van der Waals surface area contributed by atoms with Crippen molar-refractivity contribution in [2.75, 3.05) is 0 Å². The van der Waals surface area contributed by atoms with Crippen LogP contribution in [-0.2, 0) is 17.7 Å². The second kappa shape index (κ2) is 6.51. The third-order valence-electron chi connectivity index (χ3n) is 5.74. The first-order valence-corrected chi connectivity index (χ1v) is 12.1. The quantitative estimate of drug-likeness (QED) is 0.419. The van der Waals surface area contributed by atoms with E-state index in [0.717, 1.165) is 39.2 Å². The molecule has 0 fully saturated rings. The lowest BCUT2D eigenvalue weighted by atomic mass is 9.82. The highest BCUT2D eigenvalue weighted by Crippen LogP contribution is 2.41. The Kier molecular flexibility index (Phi) is 4.03. The van der Waals surface area contributed by atoms with Crippen molar-refractivity contribution in [3.63, 3.8) is 0 Å². The van der Waals surface area contributed by atoms with Crippen LogP contribution < -0.4 is 5.32 Å². The third-order valence-corrected chi connectivity index (χ3v) is 8.04. The molecule has 0 atom stereocenters. The van der Waals surface area contributed by atoms with Crippen LogP contribution in [0.1, 0.15) is 44.0 Å². The van der Waals surface area contributed by atoms with E-state index >= 15 is 0 Å². The number of aromatic nitrogens is 5. The number of para-hydroxylation sites is 2. The zero-order valence-corrected chi connectivity index (χ0v) is 19.5. The van der Waals surface area contributed by atoms with Crippen molar-refractivity contribution in [1.82, 2.24) is 24.6 Å². The van der Waals surface area contributed by atoms with E-state index in [1.54, 1.807) is 17.7 Å². The molecule has 0 unspecified atom stereocenters. The second-order valence-corrected chi connectivity index (χ2v) is 11.3. The van der Waals surface area contributed by atoms with Gasteiger partial charge in [0, 0.05) is 6.42 Å². The molecule has 1 aromatic carbocycles. The first-order chi connectivity index (χ1) is 14.8. The smallest absolute Gasteiger partial charge is 0.257 e. The fraction of sp³-hybridized carbons (Fsp3) is 0.364. The molecular formula is C22H23N6OS2+. The Morgan fingerprint density at radius 1 is 1.19 bits per heavy atom. The fourth-order valence-electron chi connectivity index (χ4n) is 4.84. The molecule has 31 heavy (non-hydrogen) atoms. The molecule has 0 aliphatic carbocycles. The molecule has 2 N–H and O–H groups in total. The monoisotopic (exact) mass is 451 g/mol. The molecule has 0 saturated heterocycles. The van der Waals surface area contributed by atoms with Crippen LogP contribution in [0, 0.1) is 0 Å². The third kappa shape index (κ3) is 3.14. The van der Waals surface area contributed by atoms with Gasteiger partial charge in [-0.15, -0.1) is 16.4 Å². The summed E-state index contributed by atoms with van der Waals surface area (Å²) in [6, 6.07) is 7.79. The van der Waals surface area contributed by atoms with Gasteiger partial charge < -0.3 is 9.73 Å². The van der Waals surface area contributed by atoms with Gasteiger partial charge >= 0.3 is 0 Å². The summed E-state index contributed by atoms with van der Waals surface area (Å²) >= 11 is 3.30. The summed E-state index contributed by atoms with van der Waals surface area (Å²) in [5.74, 6) is 1.34. The summed E-state index contributed by atoms with van der Waals surface area (Å²) in [5, 5.41) is 8.95. The van der Waals surface area contributed by atoms with Gasteiger partial charge in [0.2, 0.25) is 0 Å². The Bertz CT molecular complexity index is 1430. The summed E-state index contributed by atoms with van der Waals surface area (Å²) in [7, 11) is 0.